The van der Waals surface area contributed by atoms with Crippen LogP contribution in [0.5, 0.6) is 5.75 Å². The van der Waals surface area contributed by atoms with Gasteiger partial charge in [-0.2, -0.15) is 0 Å². The molecule has 0 saturated carbocycles. The van der Waals surface area contributed by atoms with E-state index in [2.05, 4.69) is 0 Å². The van der Waals surface area contributed by atoms with E-state index in [0.717, 1.165) is 6.07 Å². The Balaban J connectivity index is 1.79. The molecule has 150 valence electrons. The molecular formula is C19H25F3N2O3. The minimum absolute atomic E-state index is 0.0971. The largest absolute Gasteiger partial charge is 0.505 e. The van der Waals surface area contributed by atoms with E-state index in [9.17, 15) is 23.1 Å². The fourth-order valence-electron chi connectivity index (χ4n) is 4.31. The molecule has 8 heteroatoms. The summed E-state index contributed by atoms with van der Waals surface area (Å²) in [4.78, 5) is 16.1. The molecule has 1 aromatic rings. The molecule has 5 nitrogen and oxygen atoms in total. The lowest BCUT2D eigenvalue weighted by Gasteiger charge is -2.49. The minimum Gasteiger partial charge on any atom is -0.505 e. The number of alkyl halides is 2. The van der Waals surface area contributed by atoms with Crippen molar-refractivity contribution in [2.75, 3.05) is 39.9 Å². The fourth-order valence-corrected chi connectivity index (χ4v) is 4.31. The van der Waals surface area contributed by atoms with Crippen molar-refractivity contribution < 1.29 is 27.8 Å². The van der Waals surface area contributed by atoms with E-state index in [4.69, 9.17) is 4.74 Å². The molecule has 1 N–H and O–H groups in total. The van der Waals surface area contributed by atoms with Crippen LogP contribution in [-0.2, 0) is 16.1 Å². The number of methoxy groups -OCH3 is 1. The highest BCUT2D eigenvalue weighted by Crippen LogP contribution is 2.45. The first-order valence-electron chi connectivity index (χ1n) is 9.11. The molecule has 1 amide bonds. The number of aromatic hydroxyl groups is 1. The first kappa shape index (κ1) is 19.9. The third kappa shape index (κ3) is 4.38. The minimum atomic E-state index is -2.99. The summed E-state index contributed by atoms with van der Waals surface area (Å²) in [5.74, 6) is -4.50. The fraction of sp³-hybridized carbons (Fsp3) is 0.632. The second-order valence-corrected chi connectivity index (χ2v) is 7.63. The first-order valence-corrected chi connectivity index (χ1v) is 9.11. The highest BCUT2D eigenvalue weighted by Gasteiger charge is 2.54. The Morgan fingerprint density at radius 3 is 2.78 bits per heavy atom. The van der Waals surface area contributed by atoms with Gasteiger partial charge in [-0.25, -0.2) is 13.2 Å². The predicted octanol–water partition coefficient (Wildman–Crippen LogP) is 2.63. The van der Waals surface area contributed by atoms with E-state index in [1.54, 1.807) is 4.90 Å². The van der Waals surface area contributed by atoms with Gasteiger partial charge in [0.2, 0.25) is 5.91 Å². The topological polar surface area (TPSA) is 53.0 Å². The summed E-state index contributed by atoms with van der Waals surface area (Å²) < 4.78 is 47.7. The maximum atomic E-state index is 14.5. The van der Waals surface area contributed by atoms with Crippen molar-refractivity contribution in [2.45, 2.75) is 31.7 Å². The maximum absolute atomic E-state index is 14.5. The predicted molar refractivity (Wildman–Crippen MR) is 93.0 cm³/mol. The van der Waals surface area contributed by atoms with Crippen LogP contribution in [0.2, 0.25) is 0 Å². The Morgan fingerprint density at radius 2 is 2.07 bits per heavy atom. The van der Waals surface area contributed by atoms with Crippen molar-refractivity contribution in [3.63, 3.8) is 0 Å². The number of amides is 1. The summed E-state index contributed by atoms with van der Waals surface area (Å²) in [7, 11) is 1.54. The molecule has 27 heavy (non-hydrogen) atoms. The highest BCUT2D eigenvalue weighted by molar-refractivity contribution is 5.84. The molecule has 0 aromatic heterocycles. The molecule has 0 unspecified atom stereocenters. The van der Waals surface area contributed by atoms with Crippen LogP contribution in [-0.4, -0.2) is 66.6 Å². The van der Waals surface area contributed by atoms with Gasteiger partial charge in [-0.1, -0.05) is 6.07 Å². The molecule has 0 radical (unpaired) electrons. The maximum Gasteiger partial charge on any atom is 0.261 e. The smallest absolute Gasteiger partial charge is 0.261 e. The van der Waals surface area contributed by atoms with Gasteiger partial charge in [0.05, 0.1) is 18.6 Å². The van der Waals surface area contributed by atoms with Crippen LogP contribution in [0, 0.1) is 11.2 Å². The Labute approximate surface area is 156 Å². The number of carbonyl (C=O) groups excluding carboxylic acids is 1. The van der Waals surface area contributed by atoms with Gasteiger partial charge in [0, 0.05) is 39.7 Å². The summed E-state index contributed by atoms with van der Waals surface area (Å²) in [6.07, 6.45) is 0.640. The van der Waals surface area contributed by atoms with Crippen LogP contribution < -0.4 is 0 Å². The first-order chi connectivity index (χ1) is 12.7. The Morgan fingerprint density at radius 1 is 1.30 bits per heavy atom. The number of phenolic OH excluding ortho intramolecular Hbond substituents is 1. The summed E-state index contributed by atoms with van der Waals surface area (Å²) in [5, 5.41) is 9.30. The summed E-state index contributed by atoms with van der Waals surface area (Å²) in [6, 6.07) is 3.86. The molecule has 2 aliphatic rings. The van der Waals surface area contributed by atoms with Gasteiger partial charge >= 0.3 is 0 Å². The number of phenols is 1. The monoisotopic (exact) mass is 386 g/mol. The Hall–Kier alpha value is -1.80. The average molecular weight is 386 g/mol. The molecule has 2 heterocycles. The highest BCUT2D eigenvalue weighted by atomic mass is 19.3. The third-order valence-electron chi connectivity index (χ3n) is 5.39. The van der Waals surface area contributed by atoms with Crippen molar-refractivity contribution in [2.24, 2.45) is 5.41 Å². The van der Waals surface area contributed by atoms with Crippen LogP contribution in [0.25, 0.3) is 0 Å². The second kappa shape index (κ2) is 7.67. The summed E-state index contributed by atoms with van der Waals surface area (Å²) in [6.45, 7) is 1.16. The van der Waals surface area contributed by atoms with Gasteiger partial charge < -0.3 is 14.7 Å². The molecule has 1 atom stereocenters. The number of nitrogens with zero attached hydrogens (tertiary/aromatic N) is 2. The van der Waals surface area contributed by atoms with Gasteiger partial charge in [-0.3, -0.25) is 9.69 Å². The number of carbonyl (C=O) groups is 1. The van der Waals surface area contributed by atoms with Gasteiger partial charge in [-0.05, 0) is 30.5 Å². The zero-order chi connectivity index (χ0) is 19.7. The van der Waals surface area contributed by atoms with Crippen LogP contribution in [0.4, 0.5) is 13.2 Å². The van der Waals surface area contributed by atoms with E-state index >= 15 is 0 Å². The van der Waals surface area contributed by atoms with Gasteiger partial charge in [-0.15, -0.1) is 0 Å². The molecule has 1 spiro atoms. The molecule has 1 aromatic carbocycles. The molecule has 3 rings (SSSR count). The Kier molecular flexibility index (Phi) is 5.67. The van der Waals surface area contributed by atoms with E-state index in [0.29, 0.717) is 38.1 Å². The number of benzene rings is 1. The number of likely N-dealkylation sites (tertiary alicyclic amines) is 2. The zero-order valence-corrected chi connectivity index (χ0v) is 15.4. The molecule has 2 saturated heterocycles. The van der Waals surface area contributed by atoms with E-state index < -0.39 is 35.9 Å². The van der Waals surface area contributed by atoms with Crippen molar-refractivity contribution in [1.82, 2.24) is 9.80 Å². The van der Waals surface area contributed by atoms with Crippen molar-refractivity contribution in [1.29, 1.82) is 0 Å². The lowest BCUT2D eigenvalue weighted by molar-refractivity contribution is -0.170. The standard InChI is InChI=1S/C19H25F3N2O3/c1-27-8-7-24-6-2-5-18(17(24)26)11-19(21,22)13-23(12-18)10-14-3-4-16(25)15(20)9-14/h3-4,9,25H,2,5-8,10-13H2,1H3/t18-/m0/s1. The van der Waals surface area contributed by atoms with Gasteiger partial charge in [0.15, 0.2) is 11.6 Å². The lowest BCUT2D eigenvalue weighted by atomic mass is 9.71. The van der Waals surface area contributed by atoms with Gasteiger partial charge in [0.25, 0.3) is 5.92 Å². The van der Waals surface area contributed by atoms with Crippen molar-refractivity contribution in [3.8, 4) is 5.75 Å². The summed E-state index contributed by atoms with van der Waals surface area (Å²) >= 11 is 0. The van der Waals surface area contributed by atoms with Crippen LogP contribution >= 0.6 is 0 Å². The molecule has 2 fully saturated rings. The third-order valence-corrected chi connectivity index (χ3v) is 5.39. The SMILES string of the molecule is COCCN1CCC[C@]2(CN(Cc3ccc(O)c(F)c3)CC(F)(F)C2)C1=O. The van der Waals surface area contributed by atoms with Crippen LogP contribution in [0.15, 0.2) is 18.2 Å². The molecule has 0 bridgehead atoms. The van der Waals surface area contributed by atoms with E-state index in [1.165, 1.54) is 24.1 Å². The second-order valence-electron chi connectivity index (χ2n) is 7.63. The van der Waals surface area contributed by atoms with Crippen molar-refractivity contribution in [3.05, 3.63) is 29.6 Å². The number of hydrogen-bond acceptors (Lipinski definition) is 4. The van der Waals surface area contributed by atoms with Crippen molar-refractivity contribution >= 4 is 5.91 Å². The number of hydrogen-bond donors (Lipinski definition) is 1. The molecular weight excluding hydrogens is 361 g/mol. The number of rotatable bonds is 5. The normalized spacial score (nSPS) is 25.9. The van der Waals surface area contributed by atoms with Crippen LogP contribution in [0.1, 0.15) is 24.8 Å². The Bertz CT molecular complexity index is 701. The van der Waals surface area contributed by atoms with E-state index in [-0.39, 0.29) is 19.0 Å². The quantitative estimate of drug-likeness (QED) is 0.845. The number of ether oxygens (including phenoxy) is 1. The number of piperidine rings is 2. The van der Waals surface area contributed by atoms with Gasteiger partial charge in [0.1, 0.15) is 0 Å². The average Bonchev–Trinajstić information content (AvgIpc) is 2.58. The lowest BCUT2D eigenvalue weighted by Crippen LogP contribution is -2.61. The van der Waals surface area contributed by atoms with E-state index in [1.807, 2.05) is 0 Å². The summed E-state index contributed by atoms with van der Waals surface area (Å²) in [5.41, 5.74) is -0.638. The zero-order valence-electron chi connectivity index (χ0n) is 15.4. The number of halogens is 3. The molecule has 2 aliphatic heterocycles. The molecule has 0 aliphatic carbocycles. The van der Waals surface area contributed by atoms with Crippen LogP contribution in [0.3, 0.4) is 0 Å².